The third kappa shape index (κ3) is 4.36. The molecule has 1 saturated heterocycles. The number of β-amino-alcohol motifs (C(OH)–C–C–N with tert-alkyl or cyclic N) is 1. The number of thiazole rings is 1. The van der Waals surface area contributed by atoms with Gasteiger partial charge < -0.3 is 15.7 Å². The molecular weight excluding hydrogens is 386 g/mol. The van der Waals surface area contributed by atoms with Crippen molar-refractivity contribution >= 4 is 29.7 Å². The zero-order chi connectivity index (χ0) is 17.9. The largest absolute Gasteiger partial charge is 0.391 e. The van der Waals surface area contributed by atoms with E-state index in [-0.39, 0.29) is 24.2 Å². The number of aliphatic hydroxyl groups is 1. The predicted molar refractivity (Wildman–Crippen MR) is 107 cm³/mol. The lowest BCUT2D eigenvalue weighted by Crippen LogP contribution is -2.34. The fourth-order valence-electron chi connectivity index (χ4n) is 2.91. The van der Waals surface area contributed by atoms with Gasteiger partial charge in [-0.3, -0.25) is 4.79 Å². The Morgan fingerprint density at radius 1 is 1.33 bits per heavy atom. The van der Waals surface area contributed by atoms with Crippen LogP contribution < -0.4 is 10.6 Å². The van der Waals surface area contributed by atoms with E-state index >= 15 is 0 Å². The van der Waals surface area contributed by atoms with Crippen molar-refractivity contribution in [3.63, 3.8) is 0 Å². The molecule has 1 aromatic carbocycles. The highest BCUT2D eigenvalue weighted by Gasteiger charge is 2.25. The number of aromatic nitrogens is 3. The lowest BCUT2D eigenvalue weighted by molar-refractivity contribution is 0.0923. The maximum Gasteiger partial charge on any atom is 0.270 e. The third-order valence-electron chi connectivity index (χ3n) is 4.42. The fourth-order valence-corrected chi connectivity index (χ4v) is 3.68. The maximum absolute atomic E-state index is 12.3. The minimum Gasteiger partial charge on any atom is -0.391 e. The summed E-state index contributed by atoms with van der Waals surface area (Å²) in [6, 6.07) is 9.83. The summed E-state index contributed by atoms with van der Waals surface area (Å²) < 4.78 is 1.78. The lowest BCUT2D eigenvalue weighted by atomic mass is 10.1. The monoisotopic (exact) mass is 405 g/mol. The summed E-state index contributed by atoms with van der Waals surface area (Å²) in [4.78, 5) is 16.7. The first-order valence-corrected chi connectivity index (χ1v) is 9.31. The molecular formula is C18H20ClN5O2S. The normalized spacial score (nSPS) is 18.9. The molecule has 0 spiro atoms. The molecule has 2 unspecified atom stereocenters. The molecule has 0 saturated carbocycles. The van der Waals surface area contributed by atoms with E-state index in [2.05, 4.69) is 20.7 Å². The number of carbonyl (C=O) groups is 1. The molecule has 1 aliphatic rings. The first-order valence-electron chi connectivity index (χ1n) is 8.43. The highest BCUT2D eigenvalue weighted by Crippen LogP contribution is 2.24. The van der Waals surface area contributed by atoms with E-state index in [9.17, 15) is 9.90 Å². The molecule has 142 valence electrons. The Kier molecular flexibility index (Phi) is 6.22. The van der Waals surface area contributed by atoms with Gasteiger partial charge in [0.1, 0.15) is 10.7 Å². The van der Waals surface area contributed by atoms with Crippen molar-refractivity contribution in [2.75, 3.05) is 19.6 Å². The molecule has 1 fully saturated rings. The molecule has 0 aliphatic carbocycles. The Labute approximate surface area is 166 Å². The van der Waals surface area contributed by atoms with Crippen LogP contribution in [0.15, 0.2) is 48.1 Å². The number of nitrogens with one attached hydrogen (secondary N) is 2. The van der Waals surface area contributed by atoms with E-state index in [4.69, 9.17) is 0 Å². The average molecular weight is 406 g/mol. The second-order valence-electron chi connectivity index (χ2n) is 6.24. The quantitative estimate of drug-likeness (QED) is 0.601. The molecule has 1 aliphatic heterocycles. The molecule has 0 radical (unpaired) electrons. The number of amides is 1. The lowest BCUT2D eigenvalue weighted by Gasteiger charge is -2.13. The first kappa shape index (κ1) is 19.5. The van der Waals surface area contributed by atoms with Crippen molar-refractivity contribution in [1.82, 2.24) is 25.4 Å². The van der Waals surface area contributed by atoms with Crippen LogP contribution in [-0.4, -0.2) is 51.5 Å². The Morgan fingerprint density at radius 3 is 2.89 bits per heavy atom. The summed E-state index contributed by atoms with van der Waals surface area (Å²) in [5.41, 5.74) is 2.23. The third-order valence-corrected chi connectivity index (χ3v) is 5.31. The second kappa shape index (κ2) is 8.62. The van der Waals surface area contributed by atoms with Gasteiger partial charge in [0.2, 0.25) is 0 Å². The highest BCUT2D eigenvalue weighted by molar-refractivity contribution is 7.13. The minimum absolute atomic E-state index is 0. The van der Waals surface area contributed by atoms with Gasteiger partial charge in [0.25, 0.3) is 5.91 Å². The number of carbonyl (C=O) groups excluding carboxylic acids is 1. The standard InChI is InChI=1S/C18H19N5O2S.ClH/c24-16-9-19-6-12(16)7-20-17(25)15-11-26-18(22-15)13-8-21-23(10-13)14-4-2-1-3-5-14;/h1-5,8,10-12,16,19,24H,6-7,9H2,(H,20,25);1H. The highest BCUT2D eigenvalue weighted by atomic mass is 35.5. The Bertz CT molecular complexity index is 898. The van der Waals surface area contributed by atoms with Crippen LogP contribution in [0.3, 0.4) is 0 Å². The van der Waals surface area contributed by atoms with E-state index in [1.54, 1.807) is 16.3 Å². The topological polar surface area (TPSA) is 92.1 Å². The fraction of sp³-hybridized carbons (Fsp3) is 0.278. The number of aliphatic hydroxyl groups excluding tert-OH is 1. The van der Waals surface area contributed by atoms with E-state index in [1.165, 1.54) is 11.3 Å². The van der Waals surface area contributed by atoms with Crippen molar-refractivity contribution in [3.8, 4) is 16.3 Å². The minimum atomic E-state index is -0.412. The Balaban J connectivity index is 0.00000210. The van der Waals surface area contributed by atoms with Crippen LogP contribution >= 0.6 is 23.7 Å². The van der Waals surface area contributed by atoms with Crippen molar-refractivity contribution < 1.29 is 9.90 Å². The van der Waals surface area contributed by atoms with Gasteiger partial charge in [-0.1, -0.05) is 18.2 Å². The molecule has 1 amide bonds. The van der Waals surface area contributed by atoms with E-state index in [0.29, 0.717) is 25.3 Å². The molecule has 9 heteroatoms. The molecule has 2 aromatic heterocycles. The van der Waals surface area contributed by atoms with Crippen LogP contribution in [-0.2, 0) is 0 Å². The summed E-state index contributed by atoms with van der Waals surface area (Å²) in [5, 5.41) is 22.6. The molecule has 7 nitrogen and oxygen atoms in total. The molecule has 27 heavy (non-hydrogen) atoms. The summed E-state index contributed by atoms with van der Waals surface area (Å²) in [6.45, 7) is 1.72. The number of para-hydroxylation sites is 1. The van der Waals surface area contributed by atoms with Gasteiger partial charge in [0, 0.05) is 42.7 Å². The SMILES string of the molecule is Cl.O=C(NCC1CNCC1O)c1csc(-c2cnn(-c3ccccc3)c2)n1. The number of rotatable bonds is 5. The molecule has 3 aromatic rings. The molecule has 2 atom stereocenters. The second-order valence-corrected chi connectivity index (χ2v) is 7.10. The number of nitrogens with zero attached hydrogens (tertiary/aromatic N) is 3. The predicted octanol–water partition coefficient (Wildman–Crippen LogP) is 1.73. The van der Waals surface area contributed by atoms with E-state index < -0.39 is 6.10 Å². The van der Waals surface area contributed by atoms with Crippen molar-refractivity contribution in [2.45, 2.75) is 6.10 Å². The van der Waals surface area contributed by atoms with Crippen molar-refractivity contribution in [1.29, 1.82) is 0 Å². The molecule has 4 rings (SSSR count). The van der Waals surface area contributed by atoms with Crippen molar-refractivity contribution in [2.24, 2.45) is 5.92 Å². The van der Waals surface area contributed by atoms with Crippen LogP contribution in [0, 0.1) is 5.92 Å². The smallest absolute Gasteiger partial charge is 0.270 e. The number of halogens is 1. The maximum atomic E-state index is 12.3. The molecule has 3 heterocycles. The van der Waals surface area contributed by atoms with Gasteiger partial charge in [-0.15, -0.1) is 23.7 Å². The van der Waals surface area contributed by atoms with Gasteiger partial charge in [0.05, 0.1) is 18.0 Å². The van der Waals surface area contributed by atoms with Crippen LogP contribution in [0.1, 0.15) is 10.5 Å². The van der Waals surface area contributed by atoms with Gasteiger partial charge >= 0.3 is 0 Å². The summed E-state index contributed by atoms with van der Waals surface area (Å²) in [7, 11) is 0. The van der Waals surface area contributed by atoms with Gasteiger partial charge in [-0.2, -0.15) is 5.10 Å². The first-order chi connectivity index (χ1) is 12.7. The summed E-state index contributed by atoms with van der Waals surface area (Å²) in [5.74, 6) is -0.178. The Hall–Kier alpha value is -2.26. The van der Waals surface area contributed by atoms with Gasteiger partial charge in [-0.25, -0.2) is 9.67 Å². The summed E-state index contributed by atoms with van der Waals surface area (Å²) >= 11 is 1.41. The number of hydrogen-bond donors (Lipinski definition) is 3. The van der Waals surface area contributed by atoms with Crippen LogP contribution in [0.25, 0.3) is 16.3 Å². The zero-order valence-electron chi connectivity index (χ0n) is 14.4. The number of hydrogen-bond acceptors (Lipinski definition) is 6. The van der Waals surface area contributed by atoms with Gasteiger partial charge in [-0.05, 0) is 12.1 Å². The van der Waals surface area contributed by atoms with E-state index in [0.717, 1.165) is 16.3 Å². The summed E-state index contributed by atoms with van der Waals surface area (Å²) in [6.07, 6.45) is 3.23. The average Bonchev–Trinajstić information content (AvgIpc) is 3.41. The van der Waals surface area contributed by atoms with Crippen molar-refractivity contribution in [3.05, 3.63) is 53.8 Å². The van der Waals surface area contributed by atoms with Crippen LogP contribution in [0.2, 0.25) is 0 Å². The van der Waals surface area contributed by atoms with Gasteiger partial charge in [0.15, 0.2) is 0 Å². The Morgan fingerprint density at radius 2 is 2.15 bits per heavy atom. The zero-order valence-corrected chi connectivity index (χ0v) is 16.0. The molecule has 3 N–H and O–H groups in total. The number of benzene rings is 1. The molecule has 0 bridgehead atoms. The van der Waals surface area contributed by atoms with Crippen LogP contribution in [0.4, 0.5) is 0 Å². The van der Waals surface area contributed by atoms with Crippen LogP contribution in [0.5, 0.6) is 0 Å². The van der Waals surface area contributed by atoms with E-state index in [1.807, 2.05) is 36.5 Å².